The molecule has 0 aliphatic carbocycles. The maximum atomic E-state index is 15.2. The first-order valence-electron chi connectivity index (χ1n) is 11.7. The van der Waals surface area contributed by atoms with E-state index in [0.717, 1.165) is 16.2 Å². The zero-order valence-corrected chi connectivity index (χ0v) is 20.0. The Kier molecular flexibility index (Phi) is 7.15. The van der Waals surface area contributed by atoms with Crippen molar-refractivity contribution in [3.05, 3.63) is 82.8 Å². The number of carbonyl (C=O) groups excluding carboxylic acids is 1. The van der Waals surface area contributed by atoms with E-state index in [4.69, 9.17) is 13.8 Å². The summed E-state index contributed by atoms with van der Waals surface area (Å²) in [6.07, 6.45) is -0.0914. The van der Waals surface area contributed by atoms with Gasteiger partial charge < -0.3 is 28.9 Å². The molecule has 12 nitrogen and oxygen atoms in total. The number of hydrogen-bond donors (Lipinski definition) is 1. The number of nitrogens with zero attached hydrogens (tertiary/aromatic N) is 5. The minimum absolute atomic E-state index is 0.0291. The molecule has 1 amide bonds. The normalized spacial score (nSPS) is 15.3. The maximum Gasteiger partial charge on any atom is 0.269 e. The molecule has 196 valence electrons. The Labute approximate surface area is 215 Å². The van der Waals surface area contributed by atoms with Gasteiger partial charge in [0, 0.05) is 48.6 Å². The highest BCUT2D eigenvalue weighted by Crippen LogP contribution is 2.32. The molecule has 0 spiro atoms. The zero-order chi connectivity index (χ0) is 26.5. The Balaban J connectivity index is 1.20. The molecule has 38 heavy (non-hydrogen) atoms. The molecule has 13 heteroatoms. The summed E-state index contributed by atoms with van der Waals surface area (Å²) in [4.78, 5) is 25.9. The number of anilines is 2. The van der Waals surface area contributed by atoms with Crippen molar-refractivity contribution in [2.75, 3.05) is 36.5 Å². The number of ether oxygens (including phenoxy) is 1. The van der Waals surface area contributed by atoms with Crippen LogP contribution in [-0.4, -0.2) is 58.6 Å². The first-order valence-corrected chi connectivity index (χ1v) is 11.7. The number of alkyl halides is 1. The number of nitrogens with one attached hydrogen (secondary N) is 1. The van der Waals surface area contributed by atoms with Gasteiger partial charge >= 0.3 is 0 Å². The SMILES string of the molecule is O=C(COc1ccc([N+](=O)[O-])cc1)N1CCN(c2ccccc2-c2cc(CNc3ccon3)on2)CC1F. The Morgan fingerprint density at radius 1 is 1.16 bits per heavy atom. The molecule has 2 aromatic heterocycles. The van der Waals surface area contributed by atoms with E-state index in [1.54, 1.807) is 12.1 Å². The lowest BCUT2D eigenvalue weighted by molar-refractivity contribution is -0.384. The summed E-state index contributed by atoms with van der Waals surface area (Å²) in [5, 5.41) is 21.8. The average molecular weight is 522 g/mol. The van der Waals surface area contributed by atoms with Crippen LogP contribution < -0.4 is 15.0 Å². The molecule has 1 aliphatic rings. The Morgan fingerprint density at radius 3 is 2.71 bits per heavy atom. The fourth-order valence-corrected chi connectivity index (χ4v) is 4.10. The highest BCUT2D eigenvalue weighted by molar-refractivity contribution is 5.79. The summed E-state index contributed by atoms with van der Waals surface area (Å²) in [5.41, 5.74) is 2.06. The van der Waals surface area contributed by atoms with Crippen LogP contribution in [0.3, 0.4) is 0 Å². The van der Waals surface area contributed by atoms with Crippen LogP contribution in [0.4, 0.5) is 21.6 Å². The van der Waals surface area contributed by atoms with Crippen molar-refractivity contribution in [2.24, 2.45) is 0 Å². The van der Waals surface area contributed by atoms with Crippen LogP contribution in [0.25, 0.3) is 11.3 Å². The van der Waals surface area contributed by atoms with Crippen molar-refractivity contribution in [1.82, 2.24) is 15.2 Å². The Bertz CT molecular complexity index is 1390. The standard InChI is InChI=1S/C25H23FN6O6/c26-23-15-30(10-11-31(23)25(33)16-36-18-7-5-17(6-8-18)32(34)35)22-4-2-1-3-20(22)21-13-19(38-28-21)14-27-24-9-12-37-29-24/h1-9,12-13,23H,10-11,14-16H2,(H,27,29). The van der Waals surface area contributed by atoms with Crippen molar-refractivity contribution in [1.29, 1.82) is 0 Å². The fourth-order valence-electron chi connectivity index (χ4n) is 4.10. The quantitative estimate of drug-likeness (QED) is 0.196. The van der Waals surface area contributed by atoms with E-state index in [0.29, 0.717) is 30.4 Å². The van der Waals surface area contributed by atoms with Crippen molar-refractivity contribution in [3.8, 4) is 17.0 Å². The number of amides is 1. The molecule has 5 rings (SSSR count). The van der Waals surface area contributed by atoms with E-state index < -0.39 is 17.1 Å². The topological polar surface area (TPSA) is 140 Å². The van der Waals surface area contributed by atoms with Crippen LogP contribution >= 0.6 is 0 Å². The number of piperazine rings is 1. The second kappa shape index (κ2) is 11.0. The lowest BCUT2D eigenvalue weighted by atomic mass is 10.1. The summed E-state index contributed by atoms with van der Waals surface area (Å²) in [6.45, 7) is 0.511. The average Bonchev–Trinajstić information content (AvgIpc) is 3.63. The number of benzene rings is 2. The van der Waals surface area contributed by atoms with Crippen LogP contribution in [0.5, 0.6) is 5.75 Å². The van der Waals surface area contributed by atoms with Crippen LogP contribution in [0.1, 0.15) is 5.76 Å². The van der Waals surface area contributed by atoms with Gasteiger partial charge in [0.15, 0.2) is 24.5 Å². The number of rotatable bonds is 9. The summed E-state index contributed by atoms with van der Waals surface area (Å²) in [7, 11) is 0. The van der Waals surface area contributed by atoms with E-state index in [2.05, 4.69) is 15.6 Å². The van der Waals surface area contributed by atoms with Crippen LogP contribution in [0.15, 0.2) is 76.0 Å². The number of para-hydroxylation sites is 1. The molecule has 1 atom stereocenters. The smallest absolute Gasteiger partial charge is 0.269 e. The number of nitro benzene ring substituents is 1. The number of carbonyl (C=O) groups is 1. The number of halogens is 1. The number of non-ortho nitro benzene ring substituents is 1. The van der Waals surface area contributed by atoms with E-state index in [9.17, 15) is 14.9 Å². The summed E-state index contributed by atoms with van der Waals surface area (Å²) >= 11 is 0. The van der Waals surface area contributed by atoms with Crippen LogP contribution in [-0.2, 0) is 11.3 Å². The molecule has 1 fully saturated rings. The second-order valence-corrected chi connectivity index (χ2v) is 8.44. The molecule has 1 N–H and O–H groups in total. The predicted molar refractivity (Wildman–Crippen MR) is 133 cm³/mol. The first-order chi connectivity index (χ1) is 18.5. The molecular weight excluding hydrogens is 499 g/mol. The predicted octanol–water partition coefficient (Wildman–Crippen LogP) is 3.87. The third-order valence-corrected chi connectivity index (χ3v) is 6.01. The minimum Gasteiger partial charge on any atom is -0.484 e. The van der Waals surface area contributed by atoms with Gasteiger partial charge in [-0.05, 0) is 18.2 Å². The molecule has 1 unspecified atom stereocenters. The van der Waals surface area contributed by atoms with E-state index in [-0.39, 0.29) is 31.1 Å². The van der Waals surface area contributed by atoms with Gasteiger partial charge in [0.25, 0.3) is 11.6 Å². The highest BCUT2D eigenvalue weighted by Gasteiger charge is 2.31. The molecule has 1 saturated heterocycles. The molecule has 0 bridgehead atoms. The van der Waals surface area contributed by atoms with Gasteiger partial charge in [-0.15, -0.1) is 0 Å². The third kappa shape index (κ3) is 5.56. The van der Waals surface area contributed by atoms with Crippen LogP contribution in [0.2, 0.25) is 0 Å². The van der Waals surface area contributed by atoms with Gasteiger partial charge in [-0.25, -0.2) is 4.39 Å². The second-order valence-electron chi connectivity index (χ2n) is 8.44. The summed E-state index contributed by atoms with van der Waals surface area (Å²) in [6, 6.07) is 16.3. The van der Waals surface area contributed by atoms with Crippen molar-refractivity contribution >= 4 is 23.1 Å². The largest absolute Gasteiger partial charge is 0.484 e. The van der Waals surface area contributed by atoms with Gasteiger partial charge in [0.1, 0.15) is 17.7 Å². The molecule has 3 heterocycles. The molecule has 1 aliphatic heterocycles. The summed E-state index contributed by atoms with van der Waals surface area (Å²) in [5.74, 6) is 0.937. The third-order valence-electron chi connectivity index (χ3n) is 6.01. The van der Waals surface area contributed by atoms with Gasteiger partial charge in [-0.3, -0.25) is 14.9 Å². The zero-order valence-electron chi connectivity index (χ0n) is 20.0. The molecule has 0 radical (unpaired) electrons. The molecule has 2 aromatic carbocycles. The van der Waals surface area contributed by atoms with Crippen molar-refractivity contribution in [3.63, 3.8) is 0 Å². The van der Waals surface area contributed by atoms with Crippen LogP contribution in [0, 0.1) is 10.1 Å². The number of nitro groups is 1. The van der Waals surface area contributed by atoms with Crippen molar-refractivity contribution in [2.45, 2.75) is 12.8 Å². The van der Waals surface area contributed by atoms with E-state index in [1.807, 2.05) is 29.2 Å². The van der Waals surface area contributed by atoms with E-state index >= 15 is 4.39 Å². The van der Waals surface area contributed by atoms with Crippen molar-refractivity contribution < 1.29 is 27.9 Å². The first kappa shape index (κ1) is 24.7. The Hall–Kier alpha value is -4.94. The van der Waals surface area contributed by atoms with Gasteiger partial charge in [-0.1, -0.05) is 28.5 Å². The lowest BCUT2D eigenvalue weighted by Crippen LogP contribution is -2.54. The van der Waals surface area contributed by atoms with E-state index in [1.165, 1.54) is 30.5 Å². The van der Waals surface area contributed by atoms with Gasteiger partial charge in [0.05, 0.1) is 18.0 Å². The molecule has 0 saturated carbocycles. The molecule has 4 aromatic rings. The van der Waals surface area contributed by atoms with Gasteiger partial charge in [0.2, 0.25) is 0 Å². The Morgan fingerprint density at radius 2 is 1.97 bits per heavy atom. The summed E-state index contributed by atoms with van der Waals surface area (Å²) < 4.78 is 30.8. The minimum atomic E-state index is -1.55. The fraction of sp³-hybridized carbons (Fsp3) is 0.240. The van der Waals surface area contributed by atoms with Gasteiger partial charge in [-0.2, -0.15) is 0 Å². The molecular formula is C25H23FN6O6. The number of hydrogen-bond acceptors (Lipinski definition) is 10. The monoisotopic (exact) mass is 522 g/mol. The maximum absolute atomic E-state index is 15.2. The lowest BCUT2D eigenvalue weighted by Gasteiger charge is -2.39. The number of aromatic nitrogens is 2. The highest BCUT2D eigenvalue weighted by atomic mass is 19.1.